The molecule has 4 rings (SSSR count). The summed E-state index contributed by atoms with van der Waals surface area (Å²) in [5.74, 6) is -1.92. The van der Waals surface area contributed by atoms with Gasteiger partial charge in [0.25, 0.3) is 0 Å². The quantitative estimate of drug-likeness (QED) is 0.448. The number of fused-ring (bicyclic) bond motifs is 1. The lowest BCUT2D eigenvalue weighted by atomic mass is 9.94. The van der Waals surface area contributed by atoms with Crippen LogP contribution in [0.25, 0.3) is 0 Å². The number of hydrogen-bond acceptors (Lipinski definition) is 6. The number of nitrogens with zero attached hydrogens (tertiary/aromatic N) is 2. The van der Waals surface area contributed by atoms with E-state index in [2.05, 4.69) is 0 Å². The van der Waals surface area contributed by atoms with Gasteiger partial charge < -0.3 is 19.7 Å². The molecule has 1 unspecified atom stereocenters. The van der Waals surface area contributed by atoms with Crippen molar-refractivity contribution in [2.45, 2.75) is 49.5 Å². The first-order valence-electron chi connectivity index (χ1n) is 17.2. The van der Waals surface area contributed by atoms with E-state index in [-0.39, 0.29) is 9.21 Å². The minimum Gasteiger partial charge on any atom is -0.472 e. The highest BCUT2D eigenvalue weighted by Gasteiger charge is 2.48. The van der Waals surface area contributed by atoms with Crippen LogP contribution in [0.3, 0.4) is 0 Å². The van der Waals surface area contributed by atoms with E-state index in [1.54, 1.807) is 0 Å². The Balaban J connectivity index is 2.12. The first-order valence-corrected chi connectivity index (χ1v) is 12.7. The van der Waals surface area contributed by atoms with Crippen molar-refractivity contribution in [3.05, 3.63) is 78.4 Å². The molecule has 37 heavy (non-hydrogen) atoms. The number of ether oxygens (including phenoxy) is 2. The van der Waals surface area contributed by atoms with Crippen molar-refractivity contribution in [3.63, 3.8) is 0 Å². The lowest BCUT2D eigenvalue weighted by Gasteiger charge is -2.39. The average Bonchev–Trinajstić information content (AvgIpc) is 3.62. The number of carbonyl (C=O) groups is 1. The molecule has 2 aromatic carbocycles. The molecular weight excluding hydrogens is 496 g/mol. The molecule has 1 fully saturated rings. The molecule has 0 bridgehead atoms. The van der Waals surface area contributed by atoms with Gasteiger partial charge in [0.15, 0.2) is 0 Å². The number of hydrogen-bond donors (Lipinski definition) is 2. The van der Waals surface area contributed by atoms with Crippen LogP contribution >= 0.6 is 0 Å². The van der Waals surface area contributed by atoms with E-state index in [1.165, 1.54) is 32.1 Å². The maximum Gasteiger partial charge on any atom is 0.408 e. The highest BCUT2D eigenvalue weighted by molar-refractivity contribution is 7.89. The molecule has 2 aliphatic rings. The summed E-state index contributed by atoms with van der Waals surface area (Å²) in [6, 6.07) is -7.98. The molecule has 2 heterocycles. The first-order chi connectivity index (χ1) is 22.4. The van der Waals surface area contributed by atoms with Crippen LogP contribution in [0.15, 0.2) is 77.8 Å². The normalized spacial score (nSPS) is 29.7. The van der Waals surface area contributed by atoms with Gasteiger partial charge in [-0.1, -0.05) is 62.3 Å². The maximum atomic E-state index is 14.1. The Bertz CT molecular complexity index is 1750. The predicted molar refractivity (Wildman–Crippen MR) is 137 cm³/mol. The van der Waals surface area contributed by atoms with Crippen LogP contribution in [0.5, 0.6) is 0 Å². The number of rotatable bonds is 11. The molecule has 0 spiro atoms. The second-order valence-corrected chi connectivity index (χ2v) is 10.4. The number of amides is 1. The fraction of sp³-hybridized carbons (Fsp3) is 0.444. The Kier molecular flexibility index (Phi) is 4.87. The Labute approximate surface area is 234 Å². The monoisotopic (exact) mass is 542 g/mol. The smallest absolute Gasteiger partial charge is 0.408 e. The molecule has 10 heteroatoms. The van der Waals surface area contributed by atoms with E-state index in [0.29, 0.717) is 0 Å². The summed E-state index contributed by atoms with van der Waals surface area (Å²) in [4.78, 5) is 12.2. The van der Waals surface area contributed by atoms with Crippen molar-refractivity contribution < 1.29 is 49.3 Å². The topological polar surface area (TPSA) is 117 Å². The zero-order valence-corrected chi connectivity index (χ0v) is 20.7. The number of benzene rings is 2. The zero-order valence-electron chi connectivity index (χ0n) is 31.9. The summed E-state index contributed by atoms with van der Waals surface area (Å²) in [5, 5.41) is 22.8. The maximum absolute atomic E-state index is 14.1. The molecule has 0 saturated carbocycles. The van der Waals surface area contributed by atoms with E-state index in [9.17, 15) is 28.9 Å². The SMILES string of the molecule is [2H]c1ccccc1S(=O)(=O)N(CC(C)C)C([2H])([2H])[C@@]([2H])(O)[C@@]([2H])(N(C(=O)O)C1CO[C@@H]2OC=C[C@@H]12)C([2H])([2H])c1c([2H])c([2H])c([2H])c([2H])c1[2H]. The summed E-state index contributed by atoms with van der Waals surface area (Å²) in [7, 11) is -5.25. The first kappa shape index (κ1) is 15.5. The van der Waals surface area contributed by atoms with Gasteiger partial charge in [-0.3, -0.25) is 4.90 Å². The van der Waals surface area contributed by atoms with Crippen molar-refractivity contribution in [3.8, 4) is 0 Å². The summed E-state index contributed by atoms with van der Waals surface area (Å²) in [5.41, 5.74) is -1.41. The average molecular weight is 543 g/mol. The molecule has 1 saturated heterocycles. The number of aliphatic hydroxyl groups is 1. The molecule has 2 N–H and O–H groups in total. The lowest BCUT2D eigenvalue weighted by Crippen LogP contribution is -2.57. The van der Waals surface area contributed by atoms with Gasteiger partial charge in [0.2, 0.25) is 16.3 Å². The fourth-order valence-electron chi connectivity index (χ4n) is 3.84. The van der Waals surface area contributed by atoms with Crippen molar-refractivity contribution in [2.24, 2.45) is 11.8 Å². The second-order valence-electron chi connectivity index (χ2n) is 8.55. The lowest BCUT2D eigenvalue weighted by molar-refractivity contribution is -0.0690. The highest BCUT2D eigenvalue weighted by Crippen LogP contribution is 2.34. The van der Waals surface area contributed by atoms with Crippen LogP contribution in [-0.2, 0) is 25.9 Å². The molecule has 200 valence electrons. The van der Waals surface area contributed by atoms with Gasteiger partial charge in [-0.05, 0) is 36.0 Å². The summed E-state index contributed by atoms with van der Waals surface area (Å²) in [6.45, 7) is -2.81. The van der Waals surface area contributed by atoms with E-state index >= 15 is 0 Å². The molecule has 9 nitrogen and oxygen atoms in total. The largest absolute Gasteiger partial charge is 0.472 e. The van der Waals surface area contributed by atoms with Crippen LogP contribution < -0.4 is 0 Å². The van der Waals surface area contributed by atoms with Gasteiger partial charge >= 0.3 is 6.09 Å². The highest BCUT2D eigenvalue weighted by atomic mass is 32.2. The van der Waals surface area contributed by atoms with Crippen molar-refractivity contribution in [1.29, 1.82) is 0 Å². The van der Waals surface area contributed by atoms with Crippen LogP contribution in [-0.4, -0.2) is 78.0 Å². The van der Waals surface area contributed by atoms with Gasteiger partial charge in [0.05, 0.1) is 52.8 Å². The second kappa shape index (κ2) is 11.6. The Morgan fingerprint density at radius 3 is 2.68 bits per heavy atom. The Morgan fingerprint density at radius 1 is 1.24 bits per heavy atom. The van der Waals surface area contributed by atoms with Crippen molar-refractivity contribution >= 4 is 16.1 Å². The Hall–Kier alpha value is -2.92. The summed E-state index contributed by atoms with van der Waals surface area (Å²) < 4.78 is 143. The summed E-state index contributed by atoms with van der Waals surface area (Å²) >= 11 is 0. The molecule has 2 aliphatic heterocycles. The van der Waals surface area contributed by atoms with Crippen LogP contribution in [0.1, 0.15) is 35.9 Å². The van der Waals surface area contributed by atoms with Crippen molar-refractivity contribution in [1.82, 2.24) is 9.21 Å². The van der Waals surface area contributed by atoms with Crippen LogP contribution in [0, 0.1) is 11.8 Å². The molecule has 1 amide bonds. The van der Waals surface area contributed by atoms with Gasteiger partial charge in [-0.25, -0.2) is 13.2 Å². The number of carboxylic acid groups (broad SMARTS) is 1. The fourth-order valence-corrected chi connectivity index (χ4v) is 5.24. The molecule has 5 atom stereocenters. The van der Waals surface area contributed by atoms with Crippen LogP contribution in [0.4, 0.5) is 4.79 Å². The minimum atomic E-state index is -5.25. The third-order valence-electron chi connectivity index (χ3n) is 5.46. The van der Waals surface area contributed by atoms with Gasteiger partial charge in [-0.15, -0.1) is 0 Å². The molecular formula is C27H34N2O7S. The summed E-state index contributed by atoms with van der Waals surface area (Å²) in [6.07, 6.45) is -9.69. The molecule has 0 aromatic heterocycles. The third kappa shape index (κ3) is 6.15. The van der Waals surface area contributed by atoms with Crippen molar-refractivity contribution in [2.75, 3.05) is 19.6 Å². The number of sulfonamides is 1. The minimum absolute atomic E-state index is 0.0705. The molecule has 0 radical (unpaired) electrons. The molecule has 2 aromatic rings. The van der Waals surface area contributed by atoms with Gasteiger partial charge in [-0.2, -0.15) is 4.31 Å². The standard InChI is InChI=1S/C27H34N2O7S/c1-19(2)16-28(37(33,34)21-11-7-4-8-12-21)17-25(30)23(15-20-9-5-3-6-10-20)29(27(31)32)24-18-36-26-22(24)13-14-35-26/h3-14,19,22-26,30H,15-18H2,1-2H3,(H,31,32)/t22-,23-,24?,25+,26-/m0/s1/i3D,5D,6D,9D,10D,11D,15D2,17D2,23D,25D. The van der Waals surface area contributed by atoms with E-state index in [4.69, 9.17) is 20.4 Å². The zero-order chi connectivity index (χ0) is 37.2. The van der Waals surface area contributed by atoms with Gasteiger partial charge in [0.1, 0.15) is 0 Å². The Morgan fingerprint density at radius 2 is 2.00 bits per heavy atom. The predicted octanol–water partition coefficient (Wildman–Crippen LogP) is 3.17. The third-order valence-corrected chi connectivity index (χ3v) is 7.09. The van der Waals surface area contributed by atoms with E-state index in [1.807, 2.05) is 0 Å². The molecule has 0 aliphatic carbocycles. The van der Waals surface area contributed by atoms with Gasteiger partial charge in [0, 0.05) is 18.5 Å². The van der Waals surface area contributed by atoms with E-state index < -0.39 is 125 Å². The van der Waals surface area contributed by atoms with Crippen LogP contribution in [0.2, 0.25) is 0 Å². The van der Waals surface area contributed by atoms with E-state index in [0.717, 1.165) is 18.4 Å².